The lowest BCUT2D eigenvalue weighted by atomic mass is 10.1. The molecule has 2 rings (SSSR count). The minimum Gasteiger partial charge on any atom is -0.397 e. The predicted molar refractivity (Wildman–Crippen MR) is 81.6 cm³/mol. The van der Waals surface area contributed by atoms with Crippen LogP contribution >= 0.6 is 15.9 Å². The molecule has 7 heteroatoms. The normalized spacial score (nSPS) is 10.3. The number of nitrogens with one attached hydrogen (secondary N) is 2. The molecule has 0 spiro atoms. The van der Waals surface area contributed by atoms with Crippen molar-refractivity contribution in [3.05, 3.63) is 52.0 Å². The number of hydrogen-bond acceptors (Lipinski definition) is 3. The van der Waals surface area contributed by atoms with E-state index in [-0.39, 0.29) is 21.8 Å². The number of rotatable bonds is 3. The Bertz CT molecular complexity index is 707. The lowest BCUT2D eigenvalue weighted by Gasteiger charge is -2.12. The van der Waals surface area contributed by atoms with Gasteiger partial charge in [-0.05, 0) is 40.2 Å². The number of nitrogen functional groups attached to an aromatic ring is 1. The molecule has 21 heavy (non-hydrogen) atoms. The number of nitrogens with two attached hydrogens (primary N) is 1. The Morgan fingerprint density at radius 3 is 2.48 bits per heavy atom. The number of hydrogen-bond donors (Lipinski definition) is 3. The van der Waals surface area contributed by atoms with Gasteiger partial charge in [0.2, 0.25) is 0 Å². The maximum absolute atomic E-state index is 13.7. The third-order valence-corrected chi connectivity index (χ3v) is 3.43. The van der Waals surface area contributed by atoms with E-state index in [9.17, 15) is 13.6 Å². The molecular weight excluding hydrogens is 344 g/mol. The van der Waals surface area contributed by atoms with Gasteiger partial charge >= 0.3 is 0 Å². The summed E-state index contributed by atoms with van der Waals surface area (Å²) in [6.07, 6.45) is 0. The quantitative estimate of drug-likeness (QED) is 0.583. The Morgan fingerprint density at radius 2 is 1.86 bits per heavy atom. The molecule has 0 aliphatic carbocycles. The van der Waals surface area contributed by atoms with Crippen molar-refractivity contribution in [3.8, 4) is 0 Å². The molecule has 0 unspecified atom stereocenters. The number of anilines is 3. The first-order chi connectivity index (χ1) is 9.92. The molecule has 4 nitrogen and oxygen atoms in total. The van der Waals surface area contributed by atoms with Gasteiger partial charge < -0.3 is 16.4 Å². The molecule has 0 radical (unpaired) electrons. The van der Waals surface area contributed by atoms with E-state index in [0.29, 0.717) is 11.3 Å². The van der Waals surface area contributed by atoms with Gasteiger partial charge in [-0.1, -0.05) is 0 Å². The largest absolute Gasteiger partial charge is 0.397 e. The number of halogens is 3. The Labute approximate surface area is 128 Å². The van der Waals surface area contributed by atoms with E-state index in [1.807, 2.05) is 0 Å². The molecule has 0 atom stereocenters. The van der Waals surface area contributed by atoms with E-state index >= 15 is 0 Å². The van der Waals surface area contributed by atoms with Crippen LogP contribution in [0.5, 0.6) is 0 Å². The van der Waals surface area contributed by atoms with E-state index in [2.05, 4.69) is 26.6 Å². The van der Waals surface area contributed by atoms with Gasteiger partial charge in [0, 0.05) is 18.7 Å². The molecule has 0 aromatic heterocycles. The van der Waals surface area contributed by atoms with Crippen LogP contribution in [0.15, 0.2) is 34.8 Å². The van der Waals surface area contributed by atoms with Crippen LogP contribution < -0.4 is 16.4 Å². The Hall–Kier alpha value is -2.15. The van der Waals surface area contributed by atoms with Crippen LogP contribution in [0.2, 0.25) is 0 Å². The van der Waals surface area contributed by atoms with Gasteiger partial charge in [-0.3, -0.25) is 4.79 Å². The standard InChI is InChI=1S/C14H12BrF2N3O/c1-19-14(21)7-2-3-12(11(18)4-7)20-13-5-8(15)9(16)6-10(13)17/h2-6,20H,18H2,1H3,(H,19,21). The molecule has 0 aliphatic rings. The first kappa shape index (κ1) is 15.2. The highest BCUT2D eigenvalue weighted by atomic mass is 79.9. The zero-order valence-electron chi connectivity index (χ0n) is 11.0. The fraction of sp³-hybridized carbons (Fsp3) is 0.0714. The Kier molecular flexibility index (Phi) is 4.42. The van der Waals surface area contributed by atoms with Crippen molar-refractivity contribution in [2.45, 2.75) is 0 Å². The summed E-state index contributed by atoms with van der Waals surface area (Å²) >= 11 is 2.99. The summed E-state index contributed by atoms with van der Waals surface area (Å²) < 4.78 is 27.0. The van der Waals surface area contributed by atoms with Crippen LogP contribution in [0.25, 0.3) is 0 Å². The average molecular weight is 356 g/mol. The summed E-state index contributed by atoms with van der Waals surface area (Å²) in [6.45, 7) is 0. The van der Waals surface area contributed by atoms with Gasteiger partial charge in [-0.25, -0.2) is 8.78 Å². The topological polar surface area (TPSA) is 67.2 Å². The van der Waals surface area contributed by atoms with Crippen molar-refractivity contribution in [2.24, 2.45) is 0 Å². The van der Waals surface area contributed by atoms with Crippen molar-refractivity contribution < 1.29 is 13.6 Å². The Balaban J connectivity index is 2.32. The maximum Gasteiger partial charge on any atom is 0.251 e. The summed E-state index contributed by atoms with van der Waals surface area (Å²) in [4.78, 5) is 11.5. The fourth-order valence-corrected chi connectivity index (χ4v) is 2.07. The van der Waals surface area contributed by atoms with Crippen molar-refractivity contribution in [3.63, 3.8) is 0 Å². The van der Waals surface area contributed by atoms with E-state index < -0.39 is 11.6 Å². The molecule has 0 saturated heterocycles. The van der Waals surface area contributed by atoms with Gasteiger partial charge in [0.1, 0.15) is 11.6 Å². The minimum atomic E-state index is -0.745. The fourth-order valence-electron chi connectivity index (χ4n) is 1.73. The maximum atomic E-state index is 13.7. The molecule has 0 bridgehead atoms. The number of carbonyl (C=O) groups excluding carboxylic acids is 1. The van der Waals surface area contributed by atoms with Gasteiger partial charge in [-0.2, -0.15) is 0 Å². The summed E-state index contributed by atoms with van der Waals surface area (Å²) in [5.41, 5.74) is 6.98. The summed E-state index contributed by atoms with van der Waals surface area (Å²) in [7, 11) is 1.51. The monoisotopic (exact) mass is 355 g/mol. The second-order valence-corrected chi connectivity index (χ2v) is 5.11. The number of carbonyl (C=O) groups is 1. The molecule has 0 saturated carbocycles. The van der Waals surface area contributed by atoms with Crippen LogP contribution in [0.1, 0.15) is 10.4 Å². The highest BCUT2D eigenvalue weighted by molar-refractivity contribution is 9.10. The van der Waals surface area contributed by atoms with Gasteiger partial charge in [0.05, 0.1) is 21.5 Å². The molecule has 0 fully saturated rings. The third kappa shape index (κ3) is 3.30. The van der Waals surface area contributed by atoms with Gasteiger partial charge in [-0.15, -0.1) is 0 Å². The second kappa shape index (κ2) is 6.09. The van der Waals surface area contributed by atoms with E-state index in [1.165, 1.54) is 19.2 Å². The number of benzene rings is 2. The van der Waals surface area contributed by atoms with Crippen LogP contribution in [-0.2, 0) is 0 Å². The highest BCUT2D eigenvalue weighted by Gasteiger charge is 2.11. The Morgan fingerprint density at radius 1 is 1.14 bits per heavy atom. The first-order valence-electron chi connectivity index (χ1n) is 5.95. The van der Waals surface area contributed by atoms with E-state index in [4.69, 9.17) is 5.73 Å². The first-order valence-corrected chi connectivity index (χ1v) is 6.75. The summed E-state index contributed by atoms with van der Waals surface area (Å²) in [5.74, 6) is -1.71. The average Bonchev–Trinajstić information content (AvgIpc) is 2.45. The number of amides is 1. The van der Waals surface area contributed by atoms with Crippen molar-refractivity contribution >= 4 is 38.9 Å². The third-order valence-electron chi connectivity index (χ3n) is 2.82. The minimum absolute atomic E-state index is 0.0719. The zero-order chi connectivity index (χ0) is 15.6. The van der Waals surface area contributed by atoms with Crippen LogP contribution in [0, 0.1) is 11.6 Å². The van der Waals surface area contributed by atoms with Gasteiger partial charge in [0.25, 0.3) is 5.91 Å². The molecular formula is C14H12BrF2N3O. The summed E-state index contributed by atoms with van der Waals surface area (Å²) in [5, 5.41) is 5.24. The molecule has 4 N–H and O–H groups in total. The summed E-state index contributed by atoms with van der Waals surface area (Å²) in [6, 6.07) is 6.61. The molecule has 0 heterocycles. The molecule has 0 aliphatic heterocycles. The second-order valence-electron chi connectivity index (χ2n) is 4.25. The van der Waals surface area contributed by atoms with Crippen molar-refractivity contribution in [1.29, 1.82) is 0 Å². The van der Waals surface area contributed by atoms with E-state index in [1.54, 1.807) is 12.1 Å². The lowest BCUT2D eigenvalue weighted by Crippen LogP contribution is -2.18. The predicted octanol–water partition coefficient (Wildman–Crippen LogP) is 3.41. The van der Waals surface area contributed by atoms with Crippen LogP contribution in [-0.4, -0.2) is 13.0 Å². The molecule has 2 aromatic rings. The molecule has 110 valence electrons. The molecule has 2 aromatic carbocycles. The SMILES string of the molecule is CNC(=O)c1ccc(Nc2cc(Br)c(F)cc2F)c(N)c1. The lowest BCUT2D eigenvalue weighted by molar-refractivity contribution is 0.0963. The van der Waals surface area contributed by atoms with Crippen LogP contribution in [0.4, 0.5) is 25.8 Å². The smallest absolute Gasteiger partial charge is 0.251 e. The van der Waals surface area contributed by atoms with Gasteiger partial charge in [0.15, 0.2) is 0 Å². The van der Waals surface area contributed by atoms with E-state index in [0.717, 1.165) is 6.07 Å². The van der Waals surface area contributed by atoms with Crippen LogP contribution in [0.3, 0.4) is 0 Å². The van der Waals surface area contributed by atoms with Crippen molar-refractivity contribution in [2.75, 3.05) is 18.1 Å². The zero-order valence-corrected chi connectivity index (χ0v) is 12.6. The highest BCUT2D eigenvalue weighted by Crippen LogP contribution is 2.29. The molecule has 1 amide bonds. The van der Waals surface area contributed by atoms with Crippen molar-refractivity contribution in [1.82, 2.24) is 5.32 Å².